The SMILES string of the molecule is Cc1ccc(-c2ccc(OCc3c(Cl)cccc3NC(=O)NN)c(C)c2)nc1. The first-order valence-electron chi connectivity index (χ1n) is 8.69. The first-order valence-corrected chi connectivity index (χ1v) is 9.07. The van der Waals surface area contributed by atoms with Gasteiger partial charge in [0.1, 0.15) is 12.4 Å². The van der Waals surface area contributed by atoms with Crippen molar-refractivity contribution < 1.29 is 9.53 Å². The molecule has 0 aliphatic heterocycles. The first kappa shape index (κ1) is 19.7. The first-order chi connectivity index (χ1) is 13.5. The Bertz CT molecular complexity index is 990. The standard InChI is InChI=1S/C21H21ClN4O2/c1-13-6-8-18(24-11-13)15-7-9-20(14(2)10-15)28-12-16-17(22)4-3-5-19(16)25-21(27)26-23/h3-11H,12,23H2,1-2H3,(H2,25,26,27). The highest BCUT2D eigenvalue weighted by atomic mass is 35.5. The average Bonchev–Trinajstić information content (AvgIpc) is 2.69. The van der Waals surface area contributed by atoms with Crippen molar-refractivity contribution in [2.24, 2.45) is 5.84 Å². The minimum atomic E-state index is -0.533. The third kappa shape index (κ3) is 4.60. The molecule has 0 saturated heterocycles. The summed E-state index contributed by atoms with van der Waals surface area (Å²) in [5, 5.41) is 3.13. The number of carbonyl (C=O) groups excluding carboxylic acids is 1. The van der Waals surface area contributed by atoms with Crippen molar-refractivity contribution in [2.45, 2.75) is 20.5 Å². The van der Waals surface area contributed by atoms with Crippen LogP contribution in [-0.4, -0.2) is 11.0 Å². The Labute approximate surface area is 168 Å². The number of nitrogens with one attached hydrogen (secondary N) is 2. The van der Waals surface area contributed by atoms with E-state index in [4.69, 9.17) is 22.2 Å². The molecule has 6 nitrogen and oxygen atoms in total. The number of aromatic nitrogens is 1. The lowest BCUT2D eigenvalue weighted by atomic mass is 10.1. The van der Waals surface area contributed by atoms with E-state index >= 15 is 0 Å². The number of anilines is 1. The summed E-state index contributed by atoms with van der Waals surface area (Å²) in [5.41, 5.74) is 7.25. The van der Waals surface area contributed by atoms with Crippen LogP contribution in [0.4, 0.5) is 10.5 Å². The minimum Gasteiger partial charge on any atom is -0.488 e. The van der Waals surface area contributed by atoms with Crippen LogP contribution in [0.25, 0.3) is 11.3 Å². The number of hydrazine groups is 1. The summed E-state index contributed by atoms with van der Waals surface area (Å²) in [6, 6.07) is 14.6. The molecule has 1 aromatic heterocycles. The van der Waals surface area contributed by atoms with Gasteiger partial charge in [-0.1, -0.05) is 23.7 Å². The number of benzene rings is 2. The molecular formula is C21H21ClN4O2. The fourth-order valence-corrected chi connectivity index (χ4v) is 2.97. The van der Waals surface area contributed by atoms with E-state index in [1.54, 1.807) is 18.2 Å². The molecule has 3 aromatic rings. The molecule has 144 valence electrons. The van der Waals surface area contributed by atoms with E-state index in [0.717, 1.165) is 28.1 Å². The maximum atomic E-state index is 11.5. The van der Waals surface area contributed by atoms with Crippen LogP contribution in [0.3, 0.4) is 0 Å². The second kappa shape index (κ2) is 8.73. The van der Waals surface area contributed by atoms with Crippen molar-refractivity contribution >= 4 is 23.3 Å². The zero-order chi connectivity index (χ0) is 20.1. The van der Waals surface area contributed by atoms with E-state index in [0.29, 0.717) is 16.3 Å². The van der Waals surface area contributed by atoms with Crippen LogP contribution < -0.4 is 21.3 Å². The number of urea groups is 1. The molecule has 0 unspecified atom stereocenters. The Hall–Kier alpha value is -3.09. The van der Waals surface area contributed by atoms with Gasteiger partial charge >= 0.3 is 6.03 Å². The van der Waals surface area contributed by atoms with Gasteiger partial charge in [-0.3, -0.25) is 10.4 Å². The molecule has 0 saturated carbocycles. The highest BCUT2D eigenvalue weighted by Crippen LogP contribution is 2.29. The number of ether oxygens (including phenoxy) is 1. The van der Waals surface area contributed by atoms with Crippen LogP contribution in [0.5, 0.6) is 5.75 Å². The number of rotatable bonds is 5. The van der Waals surface area contributed by atoms with E-state index in [9.17, 15) is 4.79 Å². The Morgan fingerprint density at radius 3 is 2.68 bits per heavy atom. The van der Waals surface area contributed by atoms with Gasteiger partial charge in [0.2, 0.25) is 0 Å². The molecular weight excluding hydrogens is 376 g/mol. The van der Waals surface area contributed by atoms with Crippen LogP contribution in [0.15, 0.2) is 54.7 Å². The molecule has 0 bridgehead atoms. The summed E-state index contributed by atoms with van der Waals surface area (Å²) in [6.07, 6.45) is 1.85. The third-order valence-corrected chi connectivity index (χ3v) is 4.61. The van der Waals surface area contributed by atoms with Crippen LogP contribution >= 0.6 is 11.6 Å². The lowest BCUT2D eigenvalue weighted by Gasteiger charge is -2.15. The predicted molar refractivity (Wildman–Crippen MR) is 111 cm³/mol. The Morgan fingerprint density at radius 2 is 2.00 bits per heavy atom. The van der Waals surface area contributed by atoms with Gasteiger partial charge in [-0.15, -0.1) is 0 Å². The topological polar surface area (TPSA) is 89.3 Å². The Balaban J connectivity index is 1.78. The molecule has 1 heterocycles. The maximum Gasteiger partial charge on any atom is 0.333 e. The van der Waals surface area contributed by atoms with Crippen molar-refractivity contribution in [1.29, 1.82) is 0 Å². The number of amides is 2. The Morgan fingerprint density at radius 1 is 1.18 bits per heavy atom. The van der Waals surface area contributed by atoms with Gasteiger partial charge in [-0.2, -0.15) is 0 Å². The van der Waals surface area contributed by atoms with Gasteiger partial charge < -0.3 is 10.1 Å². The third-order valence-electron chi connectivity index (χ3n) is 4.25. The van der Waals surface area contributed by atoms with Crippen LogP contribution in [-0.2, 0) is 6.61 Å². The van der Waals surface area contributed by atoms with Crippen molar-refractivity contribution in [3.63, 3.8) is 0 Å². The van der Waals surface area contributed by atoms with Gasteiger partial charge in [0.25, 0.3) is 0 Å². The van der Waals surface area contributed by atoms with E-state index < -0.39 is 6.03 Å². The predicted octanol–water partition coefficient (Wildman–Crippen LogP) is 4.59. The van der Waals surface area contributed by atoms with Crippen LogP contribution in [0, 0.1) is 13.8 Å². The molecule has 0 spiro atoms. The molecule has 0 atom stereocenters. The van der Waals surface area contributed by atoms with Gasteiger partial charge in [-0.05, 0) is 61.4 Å². The molecule has 28 heavy (non-hydrogen) atoms. The number of halogens is 1. The molecule has 0 fully saturated rings. The molecule has 2 amide bonds. The summed E-state index contributed by atoms with van der Waals surface area (Å²) in [7, 11) is 0. The van der Waals surface area contributed by atoms with Crippen molar-refractivity contribution in [2.75, 3.05) is 5.32 Å². The molecule has 0 aliphatic carbocycles. The number of aryl methyl sites for hydroxylation is 2. The van der Waals surface area contributed by atoms with Gasteiger partial charge in [0.15, 0.2) is 0 Å². The monoisotopic (exact) mass is 396 g/mol. The van der Waals surface area contributed by atoms with Crippen molar-refractivity contribution in [3.8, 4) is 17.0 Å². The van der Waals surface area contributed by atoms with E-state index in [2.05, 4.69) is 10.3 Å². The molecule has 0 aliphatic rings. The fraction of sp³-hybridized carbons (Fsp3) is 0.143. The van der Waals surface area contributed by atoms with Gasteiger partial charge in [0.05, 0.1) is 11.4 Å². The van der Waals surface area contributed by atoms with Gasteiger partial charge in [-0.25, -0.2) is 10.6 Å². The van der Waals surface area contributed by atoms with Gasteiger partial charge in [0, 0.05) is 22.3 Å². The van der Waals surface area contributed by atoms with E-state index in [1.807, 2.05) is 55.8 Å². The quantitative estimate of drug-likeness (QED) is 0.334. The Kier molecular flexibility index (Phi) is 6.13. The second-order valence-electron chi connectivity index (χ2n) is 6.35. The van der Waals surface area contributed by atoms with E-state index in [1.165, 1.54) is 0 Å². The van der Waals surface area contributed by atoms with Crippen LogP contribution in [0.1, 0.15) is 16.7 Å². The van der Waals surface area contributed by atoms with Crippen molar-refractivity contribution in [1.82, 2.24) is 10.4 Å². The number of nitrogens with zero attached hydrogens (tertiary/aromatic N) is 1. The largest absolute Gasteiger partial charge is 0.488 e. The maximum absolute atomic E-state index is 11.5. The summed E-state index contributed by atoms with van der Waals surface area (Å²) in [5.74, 6) is 5.86. The van der Waals surface area contributed by atoms with E-state index in [-0.39, 0.29) is 6.61 Å². The summed E-state index contributed by atoms with van der Waals surface area (Å²) >= 11 is 6.29. The molecule has 0 radical (unpaired) electrons. The second-order valence-corrected chi connectivity index (χ2v) is 6.76. The number of carbonyl (C=O) groups is 1. The highest BCUT2D eigenvalue weighted by molar-refractivity contribution is 6.31. The fourth-order valence-electron chi connectivity index (χ4n) is 2.74. The van der Waals surface area contributed by atoms with Crippen LogP contribution in [0.2, 0.25) is 5.02 Å². The minimum absolute atomic E-state index is 0.197. The number of nitrogens with two attached hydrogens (primary N) is 1. The molecule has 3 rings (SSSR count). The van der Waals surface area contributed by atoms with Crippen molar-refractivity contribution in [3.05, 3.63) is 76.4 Å². The zero-order valence-corrected chi connectivity index (χ0v) is 16.4. The summed E-state index contributed by atoms with van der Waals surface area (Å²) in [6.45, 7) is 4.18. The number of pyridine rings is 1. The summed E-state index contributed by atoms with van der Waals surface area (Å²) < 4.78 is 5.96. The molecule has 2 aromatic carbocycles. The number of hydrogen-bond donors (Lipinski definition) is 3. The molecule has 4 N–H and O–H groups in total. The lowest BCUT2D eigenvalue weighted by molar-refractivity contribution is 0.252. The molecule has 7 heteroatoms. The summed E-state index contributed by atoms with van der Waals surface area (Å²) in [4.78, 5) is 16.0. The average molecular weight is 397 g/mol. The number of hydrogen-bond acceptors (Lipinski definition) is 4. The normalized spacial score (nSPS) is 10.4. The zero-order valence-electron chi connectivity index (χ0n) is 15.6. The highest BCUT2D eigenvalue weighted by Gasteiger charge is 2.12. The lowest BCUT2D eigenvalue weighted by Crippen LogP contribution is -2.34. The smallest absolute Gasteiger partial charge is 0.333 e.